The van der Waals surface area contributed by atoms with Crippen LogP contribution in [0.1, 0.15) is 10.8 Å². The molecule has 0 heterocycles. The fourth-order valence-electron chi connectivity index (χ4n) is 3.58. The smallest absolute Gasteiger partial charge is 0.242 e. The quantitative estimate of drug-likeness (QED) is 0.159. The van der Waals surface area contributed by atoms with Crippen LogP contribution in [-0.2, 0) is 4.79 Å². The minimum atomic E-state index is -0.489. The molecule has 0 aliphatic carbocycles. The van der Waals surface area contributed by atoms with Gasteiger partial charge in [0.1, 0.15) is 16.7 Å². The van der Waals surface area contributed by atoms with Crippen LogP contribution < -0.4 is 25.4 Å². The highest BCUT2D eigenvalue weighted by Gasteiger charge is 2.23. The van der Waals surface area contributed by atoms with Crippen LogP contribution in [0.5, 0.6) is 11.5 Å². The van der Waals surface area contributed by atoms with Crippen LogP contribution in [0.4, 0.5) is 17.1 Å². The third-order valence-electron chi connectivity index (χ3n) is 5.40. The predicted octanol–water partition coefficient (Wildman–Crippen LogP) is 6.98. The first kappa shape index (κ1) is 26.1. The van der Waals surface area contributed by atoms with Gasteiger partial charge in [-0.1, -0.05) is 48.5 Å². The van der Waals surface area contributed by atoms with E-state index in [1.54, 1.807) is 32.4 Å². The fourth-order valence-corrected chi connectivity index (χ4v) is 4.84. The Labute approximate surface area is 226 Å². The number of para-hydroxylation sites is 1. The Morgan fingerprint density at radius 2 is 1.38 bits per heavy atom. The van der Waals surface area contributed by atoms with E-state index in [9.17, 15) is 4.79 Å². The third-order valence-corrected chi connectivity index (χ3v) is 6.87. The summed E-state index contributed by atoms with van der Waals surface area (Å²) in [5, 5.41) is 9.37. The van der Waals surface area contributed by atoms with E-state index in [1.165, 1.54) is 11.8 Å². The molecule has 4 rings (SSSR count). The minimum Gasteiger partial charge on any atom is -0.497 e. The molecule has 0 aromatic heterocycles. The topological polar surface area (TPSA) is 71.6 Å². The maximum Gasteiger partial charge on any atom is 0.242 e. The molecular formula is C29H27N3O3S2. The van der Waals surface area contributed by atoms with Crippen molar-refractivity contribution in [3.8, 4) is 11.5 Å². The number of anilines is 3. The fraction of sp³-hybridized carbons (Fsp3) is 0.103. The third kappa shape index (κ3) is 7.25. The standard InChI is InChI=1S/C29H27N3O3S2/c1-34-23-15-18-26(35-2)25(19-23)32-28(33)27(20-9-5-3-6-10-20)37-24-16-13-22(14-17-24)31-29(36)30-21-11-7-4-8-12-21/h3-19,27H,1-2H3,(H,32,33)(H2,30,31,36). The van der Waals surface area contributed by atoms with E-state index < -0.39 is 5.25 Å². The molecule has 0 aliphatic rings. The first-order chi connectivity index (χ1) is 18.1. The van der Waals surface area contributed by atoms with Gasteiger partial charge < -0.3 is 25.4 Å². The van der Waals surface area contributed by atoms with Gasteiger partial charge >= 0.3 is 0 Å². The SMILES string of the molecule is COc1ccc(OC)c(NC(=O)C(Sc2ccc(NC(=S)Nc3ccccc3)cc2)c2ccccc2)c1. The maximum atomic E-state index is 13.5. The molecule has 0 spiro atoms. The summed E-state index contributed by atoms with van der Waals surface area (Å²) in [5.41, 5.74) is 3.20. The number of carbonyl (C=O) groups excluding carboxylic acids is 1. The zero-order chi connectivity index (χ0) is 26.0. The number of carbonyl (C=O) groups is 1. The number of hydrogen-bond donors (Lipinski definition) is 3. The van der Waals surface area contributed by atoms with Gasteiger partial charge in [0, 0.05) is 22.3 Å². The summed E-state index contributed by atoms with van der Waals surface area (Å²) in [6.45, 7) is 0. The highest BCUT2D eigenvalue weighted by Crippen LogP contribution is 2.38. The average Bonchev–Trinajstić information content (AvgIpc) is 2.93. The molecule has 0 aliphatic heterocycles. The number of ether oxygens (including phenoxy) is 2. The molecule has 1 unspecified atom stereocenters. The molecule has 0 bridgehead atoms. The van der Waals surface area contributed by atoms with Gasteiger partial charge in [0.05, 0.1) is 19.9 Å². The number of nitrogens with one attached hydrogen (secondary N) is 3. The summed E-state index contributed by atoms with van der Waals surface area (Å²) >= 11 is 6.88. The second-order valence-corrected chi connectivity index (χ2v) is 9.52. The van der Waals surface area contributed by atoms with Crippen molar-refractivity contribution in [3.63, 3.8) is 0 Å². The summed E-state index contributed by atoms with van der Waals surface area (Å²) in [5.74, 6) is 1.02. The number of thiocarbonyl (C=S) groups is 1. The Morgan fingerprint density at radius 1 is 0.757 bits per heavy atom. The van der Waals surface area contributed by atoms with E-state index in [2.05, 4.69) is 16.0 Å². The van der Waals surface area contributed by atoms with Gasteiger partial charge in [0.2, 0.25) is 5.91 Å². The van der Waals surface area contributed by atoms with Crippen LogP contribution in [0.2, 0.25) is 0 Å². The Hall–Kier alpha value is -4.01. The van der Waals surface area contributed by atoms with Gasteiger partial charge in [-0.05, 0) is 66.3 Å². The van der Waals surface area contributed by atoms with Crippen molar-refractivity contribution < 1.29 is 14.3 Å². The first-order valence-electron chi connectivity index (χ1n) is 11.5. The first-order valence-corrected chi connectivity index (χ1v) is 12.8. The summed E-state index contributed by atoms with van der Waals surface area (Å²) in [7, 11) is 3.15. The normalized spacial score (nSPS) is 11.2. The zero-order valence-electron chi connectivity index (χ0n) is 20.4. The second-order valence-electron chi connectivity index (χ2n) is 7.93. The average molecular weight is 530 g/mol. The Bertz CT molecular complexity index is 1330. The van der Waals surface area contributed by atoms with Crippen molar-refractivity contribution >= 4 is 52.1 Å². The molecule has 188 valence electrons. The van der Waals surface area contributed by atoms with Gasteiger partial charge in [-0.3, -0.25) is 4.79 Å². The molecule has 4 aromatic rings. The van der Waals surface area contributed by atoms with E-state index in [-0.39, 0.29) is 5.91 Å². The summed E-state index contributed by atoms with van der Waals surface area (Å²) in [6, 6.07) is 32.5. The predicted molar refractivity (Wildman–Crippen MR) is 156 cm³/mol. The molecule has 0 fully saturated rings. The number of methoxy groups -OCH3 is 2. The zero-order valence-corrected chi connectivity index (χ0v) is 22.1. The van der Waals surface area contributed by atoms with Gasteiger partial charge in [0.25, 0.3) is 0 Å². The lowest BCUT2D eigenvalue weighted by Gasteiger charge is -2.19. The molecule has 1 amide bonds. The van der Waals surface area contributed by atoms with Crippen molar-refractivity contribution in [2.45, 2.75) is 10.1 Å². The van der Waals surface area contributed by atoms with Gasteiger partial charge in [-0.2, -0.15) is 0 Å². The van der Waals surface area contributed by atoms with Crippen LogP contribution in [0.3, 0.4) is 0 Å². The van der Waals surface area contributed by atoms with Gasteiger partial charge in [-0.15, -0.1) is 11.8 Å². The highest BCUT2D eigenvalue weighted by molar-refractivity contribution is 8.00. The summed E-state index contributed by atoms with van der Waals surface area (Å²) < 4.78 is 10.7. The van der Waals surface area contributed by atoms with Crippen LogP contribution in [0.15, 0.2) is 108 Å². The maximum absolute atomic E-state index is 13.5. The van der Waals surface area contributed by atoms with Gasteiger partial charge in [0.15, 0.2) is 5.11 Å². The Kier molecular flexibility index (Phi) is 9.02. The lowest BCUT2D eigenvalue weighted by atomic mass is 10.1. The van der Waals surface area contributed by atoms with E-state index in [0.717, 1.165) is 21.8 Å². The molecule has 0 radical (unpaired) electrons. The number of amides is 1. The van der Waals surface area contributed by atoms with Crippen LogP contribution >= 0.6 is 24.0 Å². The summed E-state index contributed by atoms with van der Waals surface area (Å²) in [6.07, 6.45) is 0. The highest BCUT2D eigenvalue weighted by atomic mass is 32.2. The largest absolute Gasteiger partial charge is 0.497 e. The minimum absolute atomic E-state index is 0.168. The Morgan fingerprint density at radius 3 is 2.00 bits per heavy atom. The second kappa shape index (κ2) is 12.8. The molecule has 0 saturated heterocycles. The number of thioether (sulfide) groups is 1. The van der Waals surface area contributed by atoms with Crippen molar-refractivity contribution in [2.75, 3.05) is 30.2 Å². The molecule has 37 heavy (non-hydrogen) atoms. The molecule has 8 heteroatoms. The molecule has 6 nitrogen and oxygen atoms in total. The van der Waals surface area contributed by atoms with E-state index in [0.29, 0.717) is 22.3 Å². The van der Waals surface area contributed by atoms with Crippen molar-refractivity contribution in [1.82, 2.24) is 0 Å². The molecule has 0 saturated carbocycles. The van der Waals surface area contributed by atoms with E-state index in [4.69, 9.17) is 21.7 Å². The lowest BCUT2D eigenvalue weighted by Crippen LogP contribution is -2.19. The van der Waals surface area contributed by atoms with Gasteiger partial charge in [-0.25, -0.2) is 0 Å². The van der Waals surface area contributed by atoms with Crippen molar-refractivity contribution in [1.29, 1.82) is 0 Å². The molecule has 4 aromatic carbocycles. The molecule has 3 N–H and O–H groups in total. The molecule has 1 atom stereocenters. The molecular weight excluding hydrogens is 502 g/mol. The van der Waals surface area contributed by atoms with E-state index >= 15 is 0 Å². The van der Waals surface area contributed by atoms with Crippen LogP contribution in [0.25, 0.3) is 0 Å². The van der Waals surface area contributed by atoms with Crippen LogP contribution in [0, 0.1) is 0 Å². The van der Waals surface area contributed by atoms with Crippen LogP contribution in [-0.4, -0.2) is 25.2 Å². The summed E-state index contributed by atoms with van der Waals surface area (Å²) in [4.78, 5) is 14.4. The Balaban J connectivity index is 1.48. The number of hydrogen-bond acceptors (Lipinski definition) is 5. The number of benzene rings is 4. The van der Waals surface area contributed by atoms with Crippen molar-refractivity contribution in [2.24, 2.45) is 0 Å². The monoisotopic (exact) mass is 529 g/mol. The van der Waals surface area contributed by atoms with E-state index in [1.807, 2.05) is 84.9 Å². The number of rotatable bonds is 9. The van der Waals surface area contributed by atoms with Crippen molar-refractivity contribution in [3.05, 3.63) is 109 Å². The lowest BCUT2D eigenvalue weighted by molar-refractivity contribution is -0.115.